The van der Waals surface area contributed by atoms with Crippen molar-refractivity contribution in [1.29, 1.82) is 0 Å². The van der Waals surface area contributed by atoms with Gasteiger partial charge in [-0.15, -0.1) is 0 Å². The van der Waals surface area contributed by atoms with Crippen LogP contribution in [-0.2, 0) is 9.59 Å². The molecule has 1 aliphatic carbocycles. The second-order valence-corrected chi connectivity index (χ2v) is 5.50. The number of hydrogen-bond acceptors (Lipinski definition) is 3. The molecule has 21 heavy (non-hydrogen) atoms. The maximum atomic E-state index is 11.8. The number of methoxy groups -OCH3 is 1. The van der Waals surface area contributed by atoms with Gasteiger partial charge in [-0.1, -0.05) is 24.4 Å². The summed E-state index contributed by atoms with van der Waals surface area (Å²) in [4.78, 5) is 23.6. The number of hydrogen-bond donors (Lipinski definition) is 2. The summed E-state index contributed by atoms with van der Waals surface area (Å²) in [5.41, 5.74) is 0.570. The van der Waals surface area contributed by atoms with Crippen molar-refractivity contribution in [2.75, 3.05) is 19.0 Å². The lowest BCUT2D eigenvalue weighted by Gasteiger charge is -2.11. The fraction of sp³-hybridized carbons (Fsp3) is 0.467. The van der Waals surface area contributed by atoms with Gasteiger partial charge in [-0.2, -0.15) is 0 Å². The predicted octanol–water partition coefficient (Wildman–Crippen LogP) is 2.59. The number of carbonyl (C=O) groups is 2. The van der Waals surface area contributed by atoms with Crippen molar-refractivity contribution in [3.8, 4) is 5.75 Å². The van der Waals surface area contributed by atoms with Gasteiger partial charge in [0, 0.05) is 11.6 Å². The van der Waals surface area contributed by atoms with E-state index in [9.17, 15) is 9.59 Å². The number of nitrogens with one attached hydrogen (secondary N) is 2. The van der Waals surface area contributed by atoms with Crippen LogP contribution in [0.3, 0.4) is 0 Å². The molecule has 0 radical (unpaired) electrons. The zero-order valence-electron chi connectivity index (χ0n) is 11.9. The number of halogens is 1. The molecular weight excluding hydrogens is 292 g/mol. The standard InChI is InChI=1S/C15H19ClN2O3/c1-21-13-7-6-11(8-12(13)16)18-14(19)9-17-15(20)10-4-2-3-5-10/h6-8,10H,2-5,9H2,1H3,(H,17,20)(H,18,19). The molecule has 6 heteroatoms. The lowest BCUT2D eigenvalue weighted by atomic mass is 10.1. The second-order valence-electron chi connectivity index (χ2n) is 5.10. The minimum absolute atomic E-state index is 0.0288. The van der Waals surface area contributed by atoms with Crippen molar-refractivity contribution in [3.05, 3.63) is 23.2 Å². The van der Waals surface area contributed by atoms with E-state index in [0.29, 0.717) is 16.5 Å². The van der Waals surface area contributed by atoms with Crippen molar-refractivity contribution in [1.82, 2.24) is 5.32 Å². The number of carbonyl (C=O) groups excluding carboxylic acids is 2. The molecule has 1 saturated carbocycles. The highest BCUT2D eigenvalue weighted by Crippen LogP contribution is 2.27. The van der Waals surface area contributed by atoms with Crippen molar-refractivity contribution in [2.24, 2.45) is 5.92 Å². The van der Waals surface area contributed by atoms with E-state index in [-0.39, 0.29) is 24.3 Å². The van der Waals surface area contributed by atoms with E-state index in [1.165, 1.54) is 7.11 Å². The van der Waals surface area contributed by atoms with Gasteiger partial charge in [0.1, 0.15) is 5.75 Å². The Labute approximate surface area is 129 Å². The largest absolute Gasteiger partial charge is 0.495 e. The quantitative estimate of drug-likeness (QED) is 0.878. The van der Waals surface area contributed by atoms with Gasteiger partial charge >= 0.3 is 0 Å². The minimum Gasteiger partial charge on any atom is -0.495 e. The van der Waals surface area contributed by atoms with Crippen LogP contribution in [0, 0.1) is 5.92 Å². The Bertz CT molecular complexity index is 528. The highest BCUT2D eigenvalue weighted by molar-refractivity contribution is 6.32. The Morgan fingerprint density at radius 3 is 2.67 bits per heavy atom. The third kappa shape index (κ3) is 4.36. The predicted molar refractivity (Wildman–Crippen MR) is 81.6 cm³/mol. The maximum Gasteiger partial charge on any atom is 0.243 e. The molecular formula is C15H19ClN2O3. The van der Waals surface area contributed by atoms with E-state index in [0.717, 1.165) is 25.7 Å². The minimum atomic E-state index is -0.275. The van der Waals surface area contributed by atoms with Crippen LogP contribution >= 0.6 is 11.6 Å². The first-order chi connectivity index (χ1) is 10.1. The van der Waals surface area contributed by atoms with Crippen LogP contribution in [0.4, 0.5) is 5.69 Å². The molecule has 0 aliphatic heterocycles. The summed E-state index contributed by atoms with van der Waals surface area (Å²) in [7, 11) is 1.53. The average Bonchev–Trinajstić information content (AvgIpc) is 2.99. The molecule has 2 rings (SSSR count). The normalized spacial score (nSPS) is 14.8. The van der Waals surface area contributed by atoms with Crippen molar-refractivity contribution < 1.29 is 14.3 Å². The summed E-state index contributed by atoms with van der Waals surface area (Å²) in [5.74, 6) is 0.301. The lowest BCUT2D eigenvalue weighted by Crippen LogP contribution is -2.36. The van der Waals surface area contributed by atoms with Crippen LogP contribution < -0.4 is 15.4 Å². The number of benzene rings is 1. The Kier molecular flexibility index (Phi) is 5.44. The average molecular weight is 311 g/mol. The molecule has 1 fully saturated rings. The fourth-order valence-corrected chi connectivity index (χ4v) is 2.71. The summed E-state index contributed by atoms with van der Waals surface area (Å²) < 4.78 is 5.04. The van der Waals surface area contributed by atoms with Gasteiger partial charge in [-0.05, 0) is 31.0 Å². The highest BCUT2D eigenvalue weighted by atomic mass is 35.5. The van der Waals surface area contributed by atoms with Crippen LogP contribution in [0.15, 0.2) is 18.2 Å². The van der Waals surface area contributed by atoms with Gasteiger partial charge < -0.3 is 15.4 Å². The van der Waals surface area contributed by atoms with Gasteiger partial charge in [0.05, 0.1) is 18.7 Å². The Morgan fingerprint density at radius 1 is 1.33 bits per heavy atom. The first-order valence-corrected chi connectivity index (χ1v) is 7.39. The Morgan fingerprint density at radius 2 is 2.05 bits per heavy atom. The molecule has 0 bridgehead atoms. The van der Waals surface area contributed by atoms with Crippen LogP contribution in [0.2, 0.25) is 5.02 Å². The molecule has 0 unspecified atom stereocenters. The van der Waals surface area contributed by atoms with Gasteiger partial charge in [0.2, 0.25) is 11.8 Å². The van der Waals surface area contributed by atoms with Crippen LogP contribution in [0.1, 0.15) is 25.7 Å². The molecule has 114 valence electrons. The fourth-order valence-electron chi connectivity index (χ4n) is 2.45. The monoisotopic (exact) mass is 310 g/mol. The smallest absolute Gasteiger partial charge is 0.243 e. The van der Waals surface area contributed by atoms with E-state index in [2.05, 4.69) is 10.6 Å². The molecule has 0 aromatic heterocycles. The molecule has 2 amide bonds. The maximum absolute atomic E-state index is 11.8. The van der Waals surface area contributed by atoms with Crippen molar-refractivity contribution in [2.45, 2.75) is 25.7 Å². The second kappa shape index (κ2) is 7.31. The third-order valence-corrected chi connectivity index (χ3v) is 3.88. The number of anilines is 1. The van der Waals surface area contributed by atoms with Gasteiger partial charge in [-0.25, -0.2) is 0 Å². The first-order valence-electron chi connectivity index (χ1n) is 7.01. The Hall–Kier alpha value is -1.75. The van der Waals surface area contributed by atoms with Crippen LogP contribution in [0.25, 0.3) is 0 Å². The molecule has 0 spiro atoms. The van der Waals surface area contributed by atoms with Crippen LogP contribution in [-0.4, -0.2) is 25.5 Å². The molecule has 1 aliphatic rings. The van der Waals surface area contributed by atoms with Crippen molar-refractivity contribution >= 4 is 29.1 Å². The van der Waals surface area contributed by atoms with E-state index in [1.807, 2.05) is 0 Å². The number of rotatable bonds is 5. The summed E-state index contributed by atoms with van der Waals surface area (Å²) in [6, 6.07) is 4.98. The molecule has 0 atom stereocenters. The SMILES string of the molecule is COc1ccc(NC(=O)CNC(=O)C2CCCC2)cc1Cl. The van der Waals surface area contributed by atoms with E-state index in [4.69, 9.17) is 16.3 Å². The van der Waals surface area contributed by atoms with E-state index in [1.54, 1.807) is 18.2 Å². The molecule has 2 N–H and O–H groups in total. The molecule has 0 saturated heterocycles. The highest BCUT2D eigenvalue weighted by Gasteiger charge is 2.22. The van der Waals surface area contributed by atoms with E-state index >= 15 is 0 Å². The van der Waals surface area contributed by atoms with Crippen molar-refractivity contribution in [3.63, 3.8) is 0 Å². The topological polar surface area (TPSA) is 67.4 Å². The van der Waals surface area contributed by atoms with Gasteiger partial charge in [-0.3, -0.25) is 9.59 Å². The van der Waals surface area contributed by atoms with Gasteiger partial charge in [0.25, 0.3) is 0 Å². The molecule has 0 heterocycles. The zero-order valence-corrected chi connectivity index (χ0v) is 12.7. The summed E-state index contributed by atoms with van der Waals surface area (Å²) in [5, 5.41) is 5.78. The summed E-state index contributed by atoms with van der Waals surface area (Å²) >= 11 is 5.98. The molecule has 5 nitrogen and oxygen atoms in total. The summed E-state index contributed by atoms with van der Waals surface area (Å²) in [6.45, 7) is -0.0288. The first kappa shape index (κ1) is 15.6. The third-order valence-electron chi connectivity index (χ3n) is 3.58. The zero-order chi connectivity index (χ0) is 15.2. The van der Waals surface area contributed by atoms with E-state index < -0.39 is 0 Å². The molecule has 1 aromatic carbocycles. The summed E-state index contributed by atoms with van der Waals surface area (Å²) in [6.07, 6.45) is 4.02. The number of ether oxygens (including phenoxy) is 1. The lowest BCUT2D eigenvalue weighted by molar-refractivity contribution is -0.127. The van der Waals surface area contributed by atoms with Crippen LogP contribution in [0.5, 0.6) is 5.75 Å². The number of amides is 2. The van der Waals surface area contributed by atoms with Gasteiger partial charge in [0.15, 0.2) is 0 Å². The Balaban J connectivity index is 1.81. The molecule has 1 aromatic rings.